The van der Waals surface area contributed by atoms with Crippen LogP contribution in [0.1, 0.15) is 29.7 Å². The molecule has 0 spiro atoms. The first kappa shape index (κ1) is 20.4. The van der Waals surface area contributed by atoms with E-state index in [9.17, 15) is 13.2 Å². The maximum atomic E-state index is 12.6. The van der Waals surface area contributed by atoms with Crippen molar-refractivity contribution >= 4 is 22.0 Å². The number of amides is 1. The SMILES string of the molecule is Cc1ccc(S(=O)(=O)NCC2CCN(C(=O)/C=C/c3ccco3)CC2)c(C)c1. The van der Waals surface area contributed by atoms with Crippen molar-refractivity contribution in [2.75, 3.05) is 19.6 Å². The molecule has 3 rings (SSSR count). The number of hydrogen-bond donors (Lipinski definition) is 1. The topological polar surface area (TPSA) is 79.6 Å². The molecule has 0 radical (unpaired) electrons. The molecule has 0 bridgehead atoms. The number of hydrogen-bond acceptors (Lipinski definition) is 4. The molecule has 0 atom stereocenters. The molecule has 1 fully saturated rings. The smallest absolute Gasteiger partial charge is 0.246 e. The average molecular weight is 403 g/mol. The maximum Gasteiger partial charge on any atom is 0.246 e. The van der Waals surface area contributed by atoms with Crippen LogP contribution in [0.25, 0.3) is 6.08 Å². The van der Waals surface area contributed by atoms with E-state index in [1.807, 2.05) is 26.0 Å². The number of sulfonamides is 1. The molecule has 0 unspecified atom stereocenters. The number of nitrogens with zero attached hydrogens (tertiary/aromatic N) is 1. The van der Waals surface area contributed by atoms with Crippen molar-refractivity contribution in [3.8, 4) is 0 Å². The van der Waals surface area contributed by atoms with Gasteiger partial charge in [0.15, 0.2) is 0 Å². The Bertz CT molecular complexity index is 941. The van der Waals surface area contributed by atoms with Gasteiger partial charge in [-0.3, -0.25) is 4.79 Å². The summed E-state index contributed by atoms with van der Waals surface area (Å²) in [5.41, 5.74) is 1.78. The summed E-state index contributed by atoms with van der Waals surface area (Å²) in [6.07, 6.45) is 6.29. The minimum absolute atomic E-state index is 0.0503. The summed E-state index contributed by atoms with van der Waals surface area (Å²) in [6, 6.07) is 8.89. The van der Waals surface area contributed by atoms with E-state index < -0.39 is 10.0 Å². The van der Waals surface area contributed by atoms with E-state index in [-0.39, 0.29) is 11.8 Å². The fourth-order valence-corrected chi connectivity index (χ4v) is 4.75. The van der Waals surface area contributed by atoms with Gasteiger partial charge in [0.25, 0.3) is 0 Å². The lowest BCUT2D eigenvalue weighted by Crippen LogP contribution is -2.41. The molecule has 1 N–H and O–H groups in total. The van der Waals surface area contributed by atoms with Gasteiger partial charge in [-0.05, 0) is 62.4 Å². The molecule has 0 aliphatic carbocycles. The monoisotopic (exact) mass is 402 g/mol. The van der Waals surface area contributed by atoms with Crippen LogP contribution in [0.15, 0.2) is 52.0 Å². The zero-order chi connectivity index (χ0) is 20.1. The predicted molar refractivity (Wildman–Crippen MR) is 108 cm³/mol. The van der Waals surface area contributed by atoms with E-state index in [0.29, 0.717) is 30.3 Å². The summed E-state index contributed by atoms with van der Waals surface area (Å²) in [5, 5.41) is 0. The number of aryl methyl sites for hydroxylation is 2. The Labute approximate surface area is 166 Å². The van der Waals surface area contributed by atoms with Crippen molar-refractivity contribution in [1.82, 2.24) is 9.62 Å². The van der Waals surface area contributed by atoms with Gasteiger partial charge >= 0.3 is 0 Å². The molecule has 28 heavy (non-hydrogen) atoms. The number of carbonyl (C=O) groups excluding carboxylic acids is 1. The number of carbonyl (C=O) groups is 1. The molecule has 150 valence electrons. The largest absolute Gasteiger partial charge is 0.465 e. The van der Waals surface area contributed by atoms with Crippen LogP contribution in [0.5, 0.6) is 0 Å². The number of rotatable bonds is 6. The highest BCUT2D eigenvalue weighted by Gasteiger charge is 2.24. The van der Waals surface area contributed by atoms with E-state index >= 15 is 0 Å². The molecule has 1 aromatic carbocycles. The van der Waals surface area contributed by atoms with Crippen molar-refractivity contribution in [1.29, 1.82) is 0 Å². The third-order valence-electron chi connectivity index (χ3n) is 5.04. The highest BCUT2D eigenvalue weighted by atomic mass is 32.2. The Morgan fingerprint density at radius 2 is 2.00 bits per heavy atom. The fourth-order valence-electron chi connectivity index (χ4n) is 3.41. The molecule has 1 aliphatic heterocycles. The first-order valence-corrected chi connectivity index (χ1v) is 10.9. The molecule has 1 aromatic heterocycles. The predicted octanol–water partition coefficient (Wildman–Crippen LogP) is 3.13. The summed E-state index contributed by atoms with van der Waals surface area (Å²) in [7, 11) is -3.52. The van der Waals surface area contributed by atoms with Gasteiger partial charge in [0.2, 0.25) is 15.9 Å². The van der Waals surface area contributed by atoms with Crippen LogP contribution in [0.3, 0.4) is 0 Å². The Morgan fingerprint density at radius 1 is 1.25 bits per heavy atom. The molecule has 6 nitrogen and oxygen atoms in total. The van der Waals surface area contributed by atoms with Crippen LogP contribution in [-0.4, -0.2) is 38.9 Å². The first-order chi connectivity index (χ1) is 13.3. The third kappa shape index (κ3) is 5.11. The van der Waals surface area contributed by atoms with Gasteiger partial charge in [-0.25, -0.2) is 13.1 Å². The van der Waals surface area contributed by atoms with Crippen LogP contribution in [0.4, 0.5) is 0 Å². The number of likely N-dealkylation sites (tertiary alicyclic amines) is 1. The Balaban J connectivity index is 1.49. The molecule has 1 amide bonds. The fraction of sp³-hybridized carbons (Fsp3) is 0.381. The van der Waals surface area contributed by atoms with Gasteiger partial charge in [-0.2, -0.15) is 0 Å². The summed E-state index contributed by atoms with van der Waals surface area (Å²) in [5.74, 6) is 0.813. The van der Waals surface area contributed by atoms with Crippen molar-refractivity contribution in [3.63, 3.8) is 0 Å². The number of nitrogens with one attached hydrogen (secondary N) is 1. The number of piperidine rings is 1. The van der Waals surface area contributed by atoms with E-state index in [1.54, 1.807) is 35.4 Å². The molecular weight excluding hydrogens is 376 g/mol. The van der Waals surface area contributed by atoms with Gasteiger partial charge in [-0.1, -0.05) is 17.7 Å². The maximum absolute atomic E-state index is 12.6. The molecule has 1 aliphatic rings. The Morgan fingerprint density at radius 3 is 2.64 bits per heavy atom. The lowest BCUT2D eigenvalue weighted by molar-refractivity contribution is -0.127. The highest BCUT2D eigenvalue weighted by Crippen LogP contribution is 2.20. The second-order valence-corrected chi connectivity index (χ2v) is 8.97. The van der Waals surface area contributed by atoms with Gasteiger partial charge in [0, 0.05) is 25.7 Å². The van der Waals surface area contributed by atoms with Gasteiger partial charge in [0.1, 0.15) is 5.76 Å². The van der Waals surface area contributed by atoms with E-state index in [4.69, 9.17) is 4.42 Å². The van der Waals surface area contributed by atoms with Gasteiger partial charge in [0.05, 0.1) is 11.2 Å². The van der Waals surface area contributed by atoms with Crippen LogP contribution in [0.2, 0.25) is 0 Å². The quantitative estimate of drug-likeness (QED) is 0.753. The lowest BCUT2D eigenvalue weighted by atomic mass is 9.97. The Hall–Kier alpha value is -2.38. The number of benzene rings is 1. The third-order valence-corrected chi connectivity index (χ3v) is 6.63. The summed E-state index contributed by atoms with van der Waals surface area (Å²) in [6.45, 7) is 5.38. The van der Waals surface area contributed by atoms with Crippen molar-refractivity contribution in [3.05, 3.63) is 59.6 Å². The summed E-state index contributed by atoms with van der Waals surface area (Å²) >= 11 is 0. The van der Waals surface area contributed by atoms with Crippen LogP contribution >= 0.6 is 0 Å². The van der Waals surface area contributed by atoms with Gasteiger partial charge in [-0.15, -0.1) is 0 Å². The molecule has 2 aromatic rings. The standard InChI is InChI=1S/C21H26N2O4S/c1-16-5-7-20(17(2)14-16)28(25,26)22-15-18-9-11-23(12-10-18)21(24)8-6-19-4-3-13-27-19/h3-8,13-14,18,22H,9-12,15H2,1-2H3/b8-6+. The lowest BCUT2D eigenvalue weighted by Gasteiger charge is -2.31. The molecule has 1 saturated heterocycles. The summed E-state index contributed by atoms with van der Waals surface area (Å²) < 4.78 is 33.1. The second kappa shape index (κ2) is 8.75. The van der Waals surface area contributed by atoms with Crippen LogP contribution in [-0.2, 0) is 14.8 Å². The molecule has 2 heterocycles. The molecule has 0 saturated carbocycles. The van der Waals surface area contributed by atoms with Crippen molar-refractivity contribution in [2.24, 2.45) is 5.92 Å². The molecular formula is C21H26N2O4S. The van der Waals surface area contributed by atoms with E-state index in [2.05, 4.69) is 4.72 Å². The normalized spacial score (nSPS) is 16.0. The average Bonchev–Trinajstić information content (AvgIpc) is 3.18. The van der Waals surface area contributed by atoms with Crippen LogP contribution in [0, 0.1) is 19.8 Å². The molecule has 7 heteroatoms. The van der Waals surface area contributed by atoms with Crippen LogP contribution < -0.4 is 4.72 Å². The van der Waals surface area contributed by atoms with Crippen molar-refractivity contribution < 1.29 is 17.6 Å². The highest BCUT2D eigenvalue weighted by molar-refractivity contribution is 7.89. The van der Waals surface area contributed by atoms with Gasteiger partial charge < -0.3 is 9.32 Å². The van der Waals surface area contributed by atoms with Crippen molar-refractivity contribution in [2.45, 2.75) is 31.6 Å². The Kier molecular flexibility index (Phi) is 6.36. The number of furan rings is 1. The zero-order valence-electron chi connectivity index (χ0n) is 16.2. The minimum Gasteiger partial charge on any atom is -0.465 e. The summed E-state index contributed by atoms with van der Waals surface area (Å²) in [4.78, 5) is 14.4. The first-order valence-electron chi connectivity index (χ1n) is 9.42. The van der Waals surface area contributed by atoms with E-state index in [1.165, 1.54) is 6.08 Å². The zero-order valence-corrected chi connectivity index (χ0v) is 17.0. The van der Waals surface area contributed by atoms with E-state index in [0.717, 1.165) is 24.0 Å². The minimum atomic E-state index is -3.52. The second-order valence-electron chi connectivity index (χ2n) is 7.24.